The number of halogens is 1. The van der Waals surface area contributed by atoms with Crippen LogP contribution in [0.2, 0.25) is 0 Å². The number of alkyl halides is 1. The third kappa shape index (κ3) is 4.44. The van der Waals surface area contributed by atoms with Gasteiger partial charge >= 0.3 is 0 Å². The maximum Gasteiger partial charge on any atom is 0.0622 e. The molecule has 1 rings (SSSR count). The summed E-state index contributed by atoms with van der Waals surface area (Å²) in [5.41, 5.74) is 0.0546. The second kappa shape index (κ2) is 6.24. The number of ether oxygens (including phenoxy) is 1. The van der Waals surface area contributed by atoms with Gasteiger partial charge in [-0.3, -0.25) is 0 Å². The highest BCUT2D eigenvalue weighted by Crippen LogP contribution is 2.35. The molecule has 1 atom stereocenters. The standard InChI is InChI=1S/C13H25BrO/c1-13(2,15-3)9-8-12(10-14)11-6-4-5-7-11/h11-12H,4-10H2,1-3H3. The van der Waals surface area contributed by atoms with E-state index in [1.54, 1.807) is 0 Å². The van der Waals surface area contributed by atoms with Crippen molar-refractivity contribution in [3.8, 4) is 0 Å². The van der Waals surface area contributed by atoms with E-state index in [1.165, 1.54) is 38.5 Å². The van der Waals surface area contributed by atoms with Crippen LogP contribution < -0.4 is 0 Å². The van der Waals surface area contributed by atoms with Crippen LogP contribution >= 0.6 is 15.9 Å². The Labute approximate surface area is 103 Å². The maximum atomic E-state index is 5.48. The fraction of sp³-hybridized carbons (Fsp3) is 1.00. The van der Waals surface area contributed by atoms with E-state index >= 15 is 0 Å². The van der Waals surface area contributed by atoms with Crippen LogP contribution in [-0.4, -0.2) is 18.0 Å². The van der Waals surface area contributed by atoms with Crippen molar-refractivity contribution in [3.63, 3.8) is 0 Å². The molecule has 0 N–H and O–H groups in total. The van der Waals surface area contributed by atoms with Gasteiger partial charge in [-0.05, 0) is 38.5 Å². The van der Waals surface area contributed by atoms with Crippen LogP contribution in [0.1, 0.15) is 52.4 Å². The van der Waals surface area contributed by atoms with E-state index in [2.05, 4.69) is 29.8 Å². The van der Waals surface area contributed by atoms with Gasteiger partial charge in [-0.2, -0.15) is 0 Å². The van der Waals surface area contributed by atoms with Crippen LogP contribution in [0.5, 0.6) is 0 Å². The summed E-state index contributed by atoms with van der Waals surface area (Å²) in [5, 5.41) is 1.16. The highest BCUT2D eigenvalue weighted by molar-refractivity contribution is 9.09. The van der Waals surface area contributed by atoms with E-state index in [4.69, 9.17) is 4.74 Å². The molecule has 0 heterocycles. The molecule has 15 heavy (non-hydrogen) atoms. The summed E-state index contributed by atoms with van der Waals surface area (Å²) in [6.07, 6.45) is 8.27. The molecule has 0 aromatic heterocycles. The van der Waals surface area contributed by atoms with Crippen molar-refractivity contribution in [2.24, 2.45) is 11.8 Å². The van der Waals surface area contributed by atoms with Gasteiger partial charge in [-0.1, -0.05) is 41.6 Å². The Kier molecular flexibility index (Phi) is 5.62. The third-order valence-corrected chi connectivity index (χ3v) is 4.77. The van der Waals surface area contributed by atoms with Gasteiger partial charge in [-0.25, -0.2) is 0 Å². The summed E-state index contributed by atoms with van der Waals surface area (Å²) in [7, 11) is 1.82. The summed E-state index contributed by atoms with van der Waals surface area (Å²) in [5.74, 6) is 1.83. The molecule has 0 bridgehead atoms. The molecule has 0 aromatic carbocycles. The monoisotopic (exact) mass is 276 g/mol. The first-order chi connectivity index (χ1) is 7.09. The molecule has 1 saturated carbocycles. The van der Waals surface area contributed by atoms with Gasteiger partial charge in [-0.15, -0.1) is 0 Å². The van der Waals surface area contributed by atoms with Gasteiger partial charge in [0.2, 0.25) is 0 Å². The number of methoxy groups -OCH3 is 1. The molecular formula is C13H25BrO. The molecule has 1 aliphatic rings. The second-order valence-electron chi connectivity index (χ2n) is 5.46. The first kappa shape index (κ1) is 13.5. The minimum absolute atomic E-state index is 0.0546. The molecule has 1 fully saturated rings. The molecule has 1 nitrogen and oxygen atoms in total. The topological polar surface area (TPSA) is 9.23 Å². The van der Waals surface area contributed by atoms with Gasteiger partial charge in [0.05, 0.1) is 5.60 Å². The molecule has 0 radical (unpaired) electrons. The Bertz CT molecular complexity index is 173. The molecule has 2 heteroatoms. The molecule has 0 aromatic rings. The first-order valence-corrected chi connectivity index (χ1v) is 7.32. The average molecular weight is 277 g/mol. The SMILES string of the molecule is COC(C)(C)CCC(CBr)C1CCCC1. The van der Waals surface area contributed by atoms with Crippen LogP contribution in [-0.2, 0) is 4.74 Å². The molecular weight excluding hydrogens is 252 g/mol. The predicted octanol–water partition coefficient (Wildman–Crippen LogP) is 4.39. The first-order valence-electron chi connectivity index (χ1n) is 6.20. The zero-order valence-electron chi connectivity index (χ0n) is 10.4. The van der Waals surface area contributed by atoms with Crippen molar-refractivity contribution in [1.82, 2.24) is 0 Å². The number of hydrogen-bond donors (Lipinski definition) is 0. The molecule has 0 spiro atoms. The van der Waals surface area contributed by atoms with Crippen LogP contribution in [0.3, 0.4) is 0 Å². The van der Waals surface area contributed by atoms with Crippen molar-refractivity contribution >= 4 is 15.9 Å². The van der Waals surface area contributed by atoms with Crippen molar-refractivity contribution in [2.45, 2.75) is 58.0 Å². The Morgan fingerprint density at radius 2 is 1.93 bits per heavy atom. The van der Waals surface area contributed by atoms with Crippen molar-refractivity contribution in [2.75, 3.05) is 12.4 Å². The summed E-state index contributed by atoms with van der Waals surface area (Å²) in [4.78, 5) is 0. The quantitative estimate of drug-likeness (QED) is 0.654. The largest absolute Gasteiger partial charge is 0.379 e. The Morgan fingerprint density at radius 3 is 2.40 bits per heavy atom. The van der Waals surface area contributed by atoms with Crippen LogP contribution in [0.15, 0.2) is 0 Å². The van der Waals surface area contributed by atoms with E-state index in [0.717, 1.165) is 17.2 Å². The predicted molar refractivity (Wildman–Crippen MR) is 69.6 cm³/mol. The maximum absolute atomic E-state index is 5.48. The lowest BCUT2D eigenvalue weighted by molar-refractivity contribution is 0.00925. The number of rotatable bonds is 6. The van der Waals surface area contributed by atoms with Gasteiger partial charge in [0.15, 0.2) is 0 Å². The minimum atomic E-state index is 0.0546. The highest BCUT2D eigenvalue weighted by Gasteiger charge is 2.26. The molecule has 0 saturated heterocycles. The van der Waals surface area contributed by atoms with E-state index in [0.29, 0.717) is 0 Å². The highest BCUT2D eigenvalue weighted by atomic mass is 79.9. The lowest BCUT2D eigenvalue weighted by Crippen LogP contribution is -2.25. The van der Waals surface area contributed by atoms with E-state index < -0.39 is 0 Å². The fourth-order valence-corrected chi connectivity index (χ4v) is 3.36. The Balaban J connectivity index is 2.33. The van der Waals surface area contributed by atoms with Crippen LogP contribution in [0, 0.1) is 11.8 Å². The zero-order chi connectivity index (χ0) is 11.3. The van der Waals surface area contributed by atoms with Crippen molar-refractivity contribution in [1.29, 1.82) is 0 Å². The van der Waals surface area contributed by atoms with Crippen LogP contribution in [0.4, 0.5) is 0 Å². The normalized spacial score (nSPS) is 20.8. The van der Waals surface area contributed by atoms with Crippen LogP contribution in [0.25, 0.3) is 0 Å². The number of hydrogen-bond acceptors (Lipinski definition) is 1. The minimum Gasteiger partial charge on any atom is -0.379 e. The average Bonchev–Trinajstić information content (AvgIpc) is 2.72. The molecule has 1 aliphatic carbocycles. The molecule has 0 aliphatic heterocycles. The smallest absolute Gasteiger partial charge is 0.0622 e. The summed E-state index contributed by atoms with van der Waals surface area (Å²) >= 11 is 3.67. The molecule has 90 valence electrons. The third-order valence-electron chi connectivity index (χ3n) is 3.93. The lowest BCUT2D eigenvalue weighted by Gasteiger charge is -2.27. The van der Waals surface area contributed by atoms with E-state index in [-0.39, 0.29) is 5.60 Å². The second-order valence-corrected chi connectivity index (χ2v) is 6.11. The molecule has 0 amide bonds. The van der Waals surface area contributed by atoms with E-state index in [9.17, 15) is 0 Å². The molecule has 1 unspecified atom stereocenters. The van der Waals surface area contributed by atoms with Gasteiger partial charge in [0, 0.05) is 12.4 Å². The fourth-order valence-electron chi connectivity index (χ4n) is 2.50. The lowest BCUT2D eigenvalue weighted by atomic mass is 9.86. The van der Waals surface area contributed by atoms with Gasteiger partial charge < -0.3 is 4.74 Å². The van der Waals surface area contributed by atoms with Gasteiger partial charge in [0.25, 0.3) is 0 Å². The van der Waals surface area contributed by atoms with E-state index in [1.807, 2.05) is 7.11 Å². The van der Waals surface area contributed by atoms with Gasteiger partial charge in [0.1, 0.15) is 0 Å². The Morgan fingerprint density at radius 1 is 1.33 bits per heavy atom. The Hall–Kier alpha value is 0.440. The summed E-state index contributed by atoms with van der Waals surface area (Å²) in [6.45, 7) is 4.37. The zero-order valence-corrected chi connectivity index (χ0v) is 12.0. The summed E-state index contributed by atoms with van der Waals surface area (Å²) in [6, 6.07) is 0. The summed E-state index contributed by atoms with van der Waals surface area (Å²) < 4.78 is 5.48. The van der Waals surface area contributed by atoms with Crippen molar-refractivity contribution in [3.05, 3.63) is 0 Å². The van der Waals surface area contributed by atoms with Crippen molar-refractivity contribution < 1.29 is 4.74 Å².